The number of fused-ring (bicyclic) bond motifs is 1. The van der Waals surface area contributed by atoms with Gasteiger partial charge in [-0.1, -0.05) is 54.6 Å². The number of carbonyl (C=O) groups excluding carboxylic acids is 2. The molecule has 0 aliphatic carbocycles. The topological polar surface area (TPSA) is 83.0 Å². The van der Waals surface area contributed by atoms with Gasteiger partial charge in [-0.3, -0.25) is 4.79 Å². The van der Waals surface area contributed by atoms with Crippen LogP contribution in [0.2, 0.25) is 0 Å². The van der Waals surface area contributed by atoms with Crippen molar-refractivity contribution in [2.45, 2.75) is 13.1 Å². The molecule has 3 amide bonds. The van der Waals surface area contributed by atoms with E-state index in [0.29, 0.717) is 23.7 Å². The maximum atomic E-state index is 13.4. The molecule has 3 aromatic rings. The van der Waals surface area contributed by atoms with Crippen molar-refractivity contribution in [1.29, 1.82) is 0 Å². The Hall–Kier alpha value is -4.13. The molecule has 1 aliphatic rings. The zero-order chi connectivity index (χ0) is 22.5. The van der Waals surface area contributed by atoms with E-state index in [4.69, 9.17) is 9.73 Å². The highest BCUT2D eigenvalue weighted by Gasteiger charge is 2.32. The standard InChI is InChI=1S/C25H24N4O3/c1-3-29-21-15-8-7-14-20(21)22(17-10-5-4-6-11-17)27-23(24(29)30)28-25(31)26-18-12-9-13-19(16-18)32-2/h4-16,23H,3H2,1-2H3,(H2,26,28,31). The fourth-order valence-corrected chi connectivity index (χ4v) is 3.67. The van der Waals surface area contributed by atoms with Gasteiger partial charge in [0.15, 0.2) is 0 Å². The van der Waals surface area contributed by atoms with E-state index in [0.717, 1.165) is 16.8 Å². The van der Waals surface area contributed by atoms with E-state index in [1.54, 1.807) is 36.3 Å². The first-order valence-corrected chi connectivity index (χ1v) is 10.4. The zero-order valence-corrected chi connectivity index (χ0v) is 17.9. The minimum absolute atomic E-state index is 0.299. The van der Waals surface area contributed by atoms with E-state index in [1.165, 1.54) is 0 Å². The van der Waals surface area contributed by atoms with Crippen molar-refractivity contribution in [2.75, 3.05) is 23.9 Å². The third-order valence-electron chi connectivity index (χ3n) is 5.17. The van der Waals surface area contributed by atoms with E-state index < -0.39 is 12.2 Å². The zero-order valence-electron chi connectivity index (χ0n) is 17.9. The molecule has 0 fully saturated rings. The molecule has 1 heterocycles. The predicted molar refractivity (Wildman–Crippen MR) is 125 cm³/mol. The maximum absolute atomic E-state index is 13.4. The minimum Gasteiger partial charge on any atom is -0.497 e. The van der Waals surface area contributed by atoms with Crippen molar-refractivity contribution < 1.29 is 14.3 Å². The van der Waals surface area contributed by atoms with Crippen molar-refractivity contribution >= 4 is 29.0 Å². The van der Waals surface area contributed by atoms with E-state index in [2.05, 4.69) is 10.6 Å². The molecule has 1 atom stereocenters. The number of aliphatic imine (C=N–C) groups is 1. The number of urea groups is 1. The normalized spacial score (nSPS) is 15.3. The first-order chi connectivity index (χ1) is 15.6. The fraction of sp³-hybridized carbons (Fsp3) is 0.160. The molecule has 2 N–H and O–H groups in total. The van der Waals surface area contributed by atoms with Crippen LogP contribution in [-0.4, -0.2) is 37.5 Å². The van der Waals surface area contributed by atoms with Crippen LogP contribution >= 0.6 is 0 Å². The van der Waals surface area contributed by atoms with Crippen LogP contribution in [0.1, 0.15) is 18.1 Å². The number of rotatable bonds is 5. The number of likely N-dealkylation sites (N-methyl/N-ethyl adjacent to an activating group) is 1. The Balaban J connectivity index is 1.69. The molecule has 0 radical (unpaired) electrons. The molecular weight excluding hydrogens is 404 g/mol. The summed E-state index contributed by atoms with van der Waals surface area (Å²) in [6.45, 7) is 2.35. The highest BCUT2D eigenvalue weighted by molar-refractivity contribution is 6.20. The van der Waals surface area contributed by atoms with Crippen LogP contribution in [0.3, 0.4) is 0 Å². The molecule has 162 valence electrons. The number of benzodiazepines with no additional fused rings is 1. The van der Waals surface area contributed by atoms with Gasteiger partial charge in [-0.2, -0.15) is 0 Å². The number of anilines is 2. The number of hydrogen-bond acceptors (Lipinski definition) is 4. The summed E-state index contributed by atoms with van der Waals surface area (Å²) >= 11 is 0. The molecule has 4 rings (SSSR count). The Morgan fingerprint density at radius 3 is 2.53 bits per heavy atom. The van der Waals surface area contributed by atoms with Crippen LogP contribution in [0.25, 0.3) is 0 Å². The SMILES string of the molecule is CCN1C(=O)C(NC(=O)Nc2cccc(OC)c2)N=C(c2ccccc2)c2ccccc21. The second-order valence-corrected chi connectivity index (χ2v) is 7.18. The average molecular weight is 428 g/mol. The monoisotopic (exact) mass is 428 g/mol. The highest BCUT2D eigenvalue weighted by atomic mass is 16.5. The fourth-order valence-electron chi connectivity index (χ4n) is 3.67. The van der Waals surface area contributed by atoms with Gasteiger partial charge in [-0.25, -0.2) is 9.79 Å². The summed E-state index contributed by atoms with van der Waals surface area (Å²) in [7, 11) is 1.56. The van der Waals surface area contributed by atoms with Gasteiger partial charge in [-0.05, 0) is 25.1 Å². The van der Waals surface area contributed by atoms with Crippen molar-refractivity contribution in [3.8, 4) is 5.75 Å². The largest absolute Gasteiger partial charge is 0.497 e. The summed E-state index contributed by atoms with van der Waals surface area (Å²) in [5.74, 6) is 0.317. The van der Waals surface area contributed by atoms with Gasteiger partial charge < -0.3 is 20.3 Å². The lowest BCUT2D eigenvalue weighted by atomic mass is 10.0. The van der Waals surface area contributed by atoms with Crippen LogP contribution in [0.4, 0.5) is 16.2 Å². The van der Waals surface area contributed by atoms with E-state index in [1.807, 2.05) is 61.5 Å². The second-order valence-electron chi connectivity index (χ2n) is 7.18. The lowest BCUT2D eigenvalue weighted by molar-refractivity contribution is -0.120. The Morgan fingerprint density at radius 2 is 1.78 bits per heavy atom. The van der Waals surface area contributed by atoms with Crippen LogP contribution in [0.5, 0.6) is 5.75 Å². The quantitative estimate of drug-likeness (QED) is 0.643. The number of carbonyl (C=O) groups is 2. The smallest absolute Gasteiger partial charge is 0.321 e. The van der Waals surface area contributed by atoms with E-state index in [9.17, 15) is 9.59 Å². The van der Waals surface area contributed by atoms with Crippen molar-refractivity contribution in [1.82, 2.24) is 5.32 Å². The third-order valence-corrected chi connectivity index (χ3v) is 5.17. The molecule has 32 heavy (non-hydrogen) atoms. The number of para-hydroxylation sites is 1. The number of hydrogen-bond donors (Lipinski definition) is 2. The summed E-state index contributed by atoms with van der Waals surface area (Å²) in [5.41, 5.74) is 3.67. The molecule has 1 aliphatic heterocycles. The van der Waals surface area contributed by atoms with Crippen molar-refractivity contribution in [2.24, 2.45) is 4.99 Å². The number of nitrogens with one attached hydrogen (secondary N) is 2. The van der Waals surface area contributed by atoms with Gasteiger partial charge in [-0.15, -0.1) is 0 Å². The molecule has 0 spiro atoms. The lowest BCUT2D eigenvalue weighted by Crippen LogP contribution is -2.48. The average Bonchev–Trinajstić information content (AvgIpc) is 2.94. The summed E-state index contributed by atoms with van der Waals surface area (Å²) in [4.78, 5) is 32.5. The Labute approximate surface area is 186 Å². The summed E-state index contributed by atoms with van der Waals surface area (Å²) in [6.07, 6.45) is -1.08. The number of benzene rings is 3. The number of amides is 3. The molecule has 0 saturated carbocycles. The molecule has 7 heteroatoms. The summed E-state index contributed by atoms with van der Waals surface area (Å²) in [6, 6.07) is 23.7. The molecule has 0 saturated heterocycles. The van der Waals surface area contributed by atoms with Gasteiger partial charge in [0.1, 0.15) is 5.75 Å². The van der Waals surface area contributed by atoms with Gasteiger partial charge >= 0.3 is 6.03 Å². The van der Waals surface area contributed by atoms with E-state index in [-0.39, 0.29) is 5.91 Å². The molecule has 1 unspecified atom stereocenters. The maximum Gasteiger partial charge on any atom is 0.321 e. The Bertz CT molecular complexity index is 1160. The molecule has 3 aromatic carbocycles. The van der Waals surface area contributed by atoms with Gasteiger partial charge in [0.05, 0.1) is 18.5 Å². The first kappa shape index (κ1) is 21.1. The molecule has 0 bridgehead atoms. The first-order valence-electron chi connectivity index (χ1n) is 10.4. The predicted octanol–water partition coefficient (Wildman–Crippen LogP) is 4.05. The summed E-state index contributed by atoms with van der Waals surface area (Å²) in [5, 5.41) is 5.47. The highest BCUT2D eigenvalue weighted by Crippen LogP contribution is 2.28. The lowest BCUT2D eigenvalue weighted by Gasteiger charge is -2.24. The van der Waals surface area contributed by atoms with Gasteiger partial charge in [0, 0.05) is 29.4 Å². The number of methoxy groups -OCH3 is 1. The number of ether oxygens (including phenoxy) is 1. The van der Waals surface area contributed by atoms with Crippen molar-refractivity contribution in [3.63, 3.8) is 0 Å². The van der Waals surface area contributed by atoms with Crippen LogP contribution < -0.4 is 20.3 Å². The minimum atomic E-state index is -1.08. The van der Waals surface area contributed by atoms with E-state index >= 15 is 0 Å². The van der Waals surface area contributed by atoms with Gasteiger partial charge in [0.2, 0.25) is 6.17 Å². The number of nitrogens with zero attached hydrogens (tertiary/aromatic N) is 2. The van der Waals surface area contributed by atoms with Crippen LogP contribution in [-0.2, 0) is 4.79 Å². The molecule has 7 nitrogen and oxygen atoms in total. The molecular formula is C25H24N4O3. The molecule has 0 aromatic heterocycles. The Morgan fingerprint density at radius 1 is 1.03 bits per heavy atom. The summed E-state index contributed by atoms with van der Waals surface area (Å²) < 4.78 is 5.19. The third kappa shape index (κ3) is 4.32. The second kappa shape index (κ2) is 9.34. The van der Waals surface area contributed by atoms with Crippen LogP contribution in [0, 0.1) is 0 Å². The Kier molecular flexibility index (Phi) is 6.17. The van der Waals surface area contributed by atoms with Crippen molar-refractivity contribution in [3.05, 3.63) is 90.0 Å². The van der Waals surface area contributed by atoms with Gasteiger partial charge in [0.25, 0.3) is 5.91 Å². The van der Waals surface area contributed by atoms with Crippen LogP contribution in [0.15, 0.2) is 83.9 Å².